The number of aliphatic hydroxyl groups is 10. The molecule has 72 heavy (non-hydrogen) atoms. The summed E-state index contributed by atoms with van der Waals surface area (Å²) in [6, 6.07) is 0. The van der Waals surface area contributed by atoms with Crippen LogP contribution in [0.3, 0.4) is 0 Å². The number of hydrogen-bond acceptors (Lipinski definition) is 15. The summed E-state index contributed by atoms with van der Waals surface area (Å²) >= 11 is 0. The van der Waals surface area contributed by atoms with E-state index in [1.54, 1.807) is 13.8 Å². The van der Waals surface area contributed by atoms with Gasteiger partial charge in [0.15, 0.2) is 5.78 Å². The number of allylic oxidation sites excluding steroid dienone is 5. The number of carbonyl (C=O) groups is 1. The van der Waals surface area contributed by atoms with Crippen LogP contribution in [-0.4, -0.2) is 142 Å². The van der Waals surface area contributed by atoms with Crippen molar-refractivity contribution in [2.24, 2.45) is 62.9 Å². The van der Waals surface area contributed by atoms with Crippen molar-refractivity contribution in [2.45, 2.75) is 221 Å². The summed E-state index contributed by atoms with van der Waals surface area (Å²) in [4.78, 5) is 16.0. The summed E-state index contributed by atoms with van der Waals surface area (Å²) in [7, 11) is 0. The van der Waals surface area contributed by atoms with Gasteiger partial charge < -0.3 is 72.2 Å². The Kier molecular flexibility index (Phi) is 14.3. The summed E-state index contributed by atoms with van der Waals surface area (Å²) in [5.74, 6) is -2.56. The van der Waals surface area contributed by atoms with E-state index < -0.39 is 105 Å². The molecule has 7 fully saturated rings. The van der Waals surface area contributed by atoms with Crippen LogP contribution in [0, 0.1) is 57.2 Å². The fourth-order valence-electron chi connectivity index (χ4n) is 19.2. The van der Waals surface area contributed by atoms with Crippen molar-refractivity contribution in [3.05, 3.63) is 46.8 Å². The van der Waals surface area contributed by atoms with Crippen LogP contribution >= 0.6 is 0 Å². The van der Waals surface area contributed by atoms with Crippen LogP contribution in [0.4, 0.5) is 0 Å². The van der Waals surface area contributed by atoms with Crippen molar-refractivity contribution < 1.29 is 60.6 Å². The number of hydrogen-bond donors (Lipinski definition) is 13. The lowest BCUT2D eigenvalue weighted by molar-refractivity contribution is -0.290. The van der Waals surface area contributed by atoms with Crippen LogP contribution in [0.25, 0.3) is 0 Å². The average molecular weight is 1010 g/mol. The molecule has 15 heteroatoms. The van der Waals surface area contributed by atoms with E-state index in [9.17, 15) is 51.1 Å². The molecular weight excluding hydrogens is 919 g/mol. The van der Waals surface area contributed by atoms with Crippen molar-refractivity contribution in [1.29, 1.82) is 0 Å². The molecule has 0 bridgehead atoms. The number of dihydropyridines is 1. The van der Waals surface area contributed by atoms with Crippen LogP contribution in [0.1, 0.15) is 156 Å². The van der Waals surface area contributed by atoms with E-state index in [-0.39, 0.29) is 93.9 Å². The Hall–Kier alpha value is -2.25. The zero-order valence-corrected chi connectivity index (χ0v) is 43.2. The van der Waals surface area contributed by atoms with Crippen LogP contribution in [0.15, 0.2) is 46.8 Å². The molecular formula is C57H89N3O12. The molecule has 2 heterocycles. The van der Waals surface area contributed by atoms with E-state index in [4.69, 9.17) is 10.5 Å². The number of fused-ring (bicyclic) bond motifs is 5. The third-order valence-corrected chi connectivity index (χ3v) is 22.1. The van der Waals surface area contributed by atoms with E-state index in [0.717, 1.165) is 49.8 Å². The van der Waals surface area contributed by atoms with Crippen molar-refractivity contribution >= 4 is 5.78 Å². The average Bonchev–Trinajstić information content (AvgIpc) is 4.01. The summed E-state index contributed by atoms with van der Waals surface area (Å²) in [5, 5.41) is 132. The minimum absolute atomic E-state index is 0.00812. The van der Waals surface area contributed by atoms with Gasteiger partial charge >= 0.3 is 0 Å². The van der Waals surface area contributed by atoms with E-state index in [0.29, 0.717) is 57.3 Å². The van der Waals surface area contributed by atoms with Crippen molar-refractivity contribution in [1.82, 2.24) is 10.6 Å². The zero-order valence-electron chi connectivity index (χ0n) is 43.2. The first-order chi connectivity index (χ1) is 34.3. The third-order valence-electron chi connectivity index (χ3n) is 22.1. The van der Waals surface area contributed by atoms with Gasteiger partial charge in [0.2, 0.25) is 0 Å². The normalized spacial score (nSPS) is 47.8. The predicted molar refractivity (Wildman–Crippen MR) is 269 cm³/mol. The SMILES string of the molecule is CCC[C@@H]1CC[C@H]2[C@H]3[C@@H](O[C@@H]2CC1)[C@@](O)([C@](C)(O)[C@H]1CC[C@@]2(O)C4=C(NC[C@H](C)O)C(=O)[C@@H]5C[C@@H](O)[C@@H](O)C[C@@]56C[C@H](C5=C(CCCO)NC(N)C=C5)C=C[C@]46[C@@H](O)C[C@]12C1(CO)CCCC1)CCC[C@@H]3O. The van der Waals surface area contributed by atoms with Crippen LogP contribution in [0.5, 0.6) is 0 Å². The highest BCUT2D eigenvalue weighted by molar-refractivity contribution is 6.00. The molecule has 0 aromatic carbocycles. The molecule has 0 radical (unpaired) electrons. The first-order valence-corrected chi connectivity index (χ1v) is 28.4. The molecule has 6 saturated carbocycles. The highest BCUT2D eigenvalue weighted by Gasteiger charge is 2.84. The predicted octanol–water partition coefficient (Wildman–Crippen LogP) is 3.41. The second-order valence-electron chi connectivity index (χ2n) is 25.4. The molecule has 2 aliphatic heterocycles. The van der Waals surface area contributed by atoms with Gasteiger partial charge in [-0.15, -0.1) is 0 Å². The summed E-state index contributed by atoms with van der Waals surface area (Å²) < 4.78 is 7.09. The number of nitrogens with one attached hydrogen (secondary N) is 2. The fraction of sp³-hybridized carbons (Fsp3) is 0.842. The molecule has 10 rings (SSSR count). The quantitative estimate of drug-likeness (QED) is 0.118. The van der Waals surface area contributed by atoms with Gasteiger partial charge in [0, 0.05) is 65.0 Å². The Bertz CT molecular complexity index is 2170. The van der Waals surface area contributed by atoms with Gasteiger partial charge in [-0.05, 0) is 151 Å². The van der Waals surface area contributed by atoms with Crippen molar-refractivity contribution in [2.75, 3.05) is 19.8 Å². The number of nitrogens with two attached hydrogens (primary N) is 1. The largest absolute Gasteiger partial charge is 0.396 e. The maximum Gasteiger partial charge on any atom is 0.182 e. The molecule has 2 spiro atoms. The molecule has 404 valence electrons. The Morgan fingerprint density at radius 3 is 2.39 bits per heavy atom. The summed E-state index contributed by atoms with van der Waals surface area (Å²) in [6.07, 6.45) is 10.9. The number of aliphatic hydroxyl groups excluding tert-OH is 7. The van der Waals surface area contributed by atoms with Crippen molar-refractivity contribution in [3.63, 3.8) is 0 Å². The molecule has 1 unspecified atom stereocenters. The molecule has 1 saturated heterocycles. The Labute approximate surface area is 426 Å². The standard InChI is InChI=1S/C57H89N3O12/c1-4-9-33-12-14-36-42(16-13-33)72-50-46(36)39(64)11-7-22-57(50,71)51(3,69)43-19-24-56(70)49-47(59-30-32(2)63)48(68)37-26-40(65)41(66)28-53(37)27-34(35-15-17-45(58)60-38(35)10-8-25-61)18-23-54(49,53)44(67)29-55(43,56)52(31-62)20-5-6-21-52/h15,17-18,23,32-34,36-37,39-46,50,59-67,69-71H,4-14,16,19-22,24-31,58H2,1-3H3/t32-,33+,34+,36+,37-,39-,40+,41-,42+,43+,44-,45?,46+,50+,51+,53-,54-,55+,56+,57+/m0/s1. The molecule has 0 amide bonds. The summed E-state index contributed by atoms with van der Waals surface area (Å²) in [5.41, 5.74) is -3.07. The Balaban J connectivity index is 1.17. The minimum atomic E-state index is -2.03. The van der Waals surface area contributed by atoms with Gasteiger partial charge in [-0.25, -0.2) is 0 Å². The maximum atomic E-state index is 16.0. The molecule has 0 aromatic rings. The zero-order chi connectivity index (χ0) is 51.4. The smallest absolute Gasteiger partial charge is 0.182 e. The monoisotopic (exact) mass is 1010 g/mol. The third kappa shape index (κ3) is 7.49. The maximum absolute atomic E-state index is 16.0. The van der Waals surface area contributed by atoms with E-state index in [2.05, 4.69) is 17.6 Å². The second kappa shape index (κ2) is 19.3. The van der Waals surface area contributed by atoms with Gasteiger partial charge in [0.25, 0.3) is 0 Å². The van der Waals surface area contributed by atoms with Gasteiger partial charge in [-0.2, -0.15) is 0 Å². The molecule has 14 N–H and O–H groups in total. The topological polar surface area (TPSA) is 279 Å². The number of rotatable bonds is 13. The molecule has 0 aromatic heterocycles. The Morgan fingerprint density at radius 1 is 0.931 bits per heavy atom. The fourth-order valence-corrected chi connectivity index (χ4v) is 19.2. The molecule has 15 nitrogen and oxygen atoms in total. The van der Waals surface area contributed by atoms with Gasteiger partial charge in [0.05, 0.1) is 65.8 Å². The second-order valence-corrected chi connectivity index (χ2v) is 25.4. The lowest BCUT2D eigenvalue weighted by atomic mass is 9.32. The Morgan fingerprint density at radius 2 is 1.68 bits per heavy atom. The number of carbonyl (C=O) groups excluding carboxylic acids is 1. The highest BCUT2D eigenvalue weighted by Crippen LogP contribution is 2.81. The first kappa shape index (κ1) is 53.2. The van der Waals surface area contributed by atoms with Crippen LogP contribution < -0.4 is 16.4 Å². The highest BCUT2D eigenvalue weighted by atomic mass is 16.5. The minimum Gasteiger partial charge on any atom is -0.396 e. The molecule has 8 aliphatic carbocycles. The van der Waals surface area contributed by atoms with E-state index >= 15 is 4.79 Å². The van der Waals surface area contributed by atoms with Gasteiger partial charge in [-0.3, -0.25) is 4.79 Å². The van der Waals surface area contributed by atoms with Crippen LogP contribution in [0.2, 0.25) is 0 Å². The number of Topliss-reactive ketones (excluding diaryl/α,β-unsaturated/α-hetero) is 1. The molecule has 10 aliphatic rings. The van der Waals surface area contributed by atoms with Gasteiger partial charge in [0.1, 0.15) is 5.60 Å². The van der Waals surface area contributed by atoms with Crippen molar-refractivity contribution in [3.8, 4) is 0 Å². The van der Waals surface area contributed by atoms with E-state index in [1.807, 2.05) is 24.3 Å². The molecule has 20 atom stereocenters. The summed E-state index contributed by atoms with van der Waals surface area (Å²) in [6.45, 7) is 4.97. The van der Waals surface area contributed by atoms with Crippen LogP contribution in [-0.2, 0) is 9.53 Å². The van der Waals surface area contributed by atoms with Gasteiger partial charge in [-0.1, -0.05) is 57.3 Å². The van der Waals surface area contributed by atoms with E-state index in [1.165, 1.54) is 0 Å². The lowest BCUT2D eigenvalue weighted by Gasteiger charge is -2.73. The lowest BCUT2D eigenvalue weighted by Crippen LogP contribution is -2.77. The number of ketones is 1. The first-order valence-electron chi connectivity index (χ1n) is 28.4. The number of ether oxygens (including phenoxy) is 1.